The van der Waals surface area contributed by atoms with Crippen LogP contribution in [0.15, 0.2) is 0 Å². The molecular formula is C15H26N2O4. The fourth-order valence-electron chi connectivity index (χ4n) is 3.28. The molecule has 2 amide bonds. The summed E-state index contributed by atoms with van der Waals surface area (Å²) in [5.74, 6) is -0.926. The molecule has 0 radical (unpaired) electrons. The predicted molar refractivity (Wildman–Crippen MR) is 78.2 cm³/mol. The van der Waals surface area contributed by atoms with E-state index in [0.29, 0.717) is 19.4 Å². The third-order valence-electron chi connectivity index (χ3n) is 4.57. The Morgan fingerprint density at radius 1 is 1.00 bits per heavy atom. The molecule has 3 N–H and O–H groups in total. The van der Waals surface area contributed by atoms with Gasteiger partial charge in [0.2, 0.25) is 0 Å². The van der Waals surface area contributed by atoms with Gasteiger partial charge in [-0.1, -0.05) is 25.7 Å². The van der Waals surface area contributed by atoms with Gasteiger partial charge in [-0.3, -0.25) is 0 Å². The summed E-state index contributed by atoms with van der Waals surface area (Å²) in [5.41, 5.74) is -1.53. The average molecular weight is 298 g/mol. The van der Waals surface area contributed by atoms with Crippen molar-refractivity contribution in [3.8, 4) is 0 Å². The van der Waals surface area contributed by atoms with Crippen LogP contribution in [0.5, 0.6) is 0 Å². The molecular weight excluding hydrogens is 272 g/mol. The second-order valence-corrected chi connectivity index (χ2v) is 6.60. The first-order chi connectivity index (χ1) is 9.96. The summed E-state index contributed by atoms with van der Waals surface area (Å²) >= 11 is 0. The van der Waals surface area contributed by atoms with Crippen LogP contribution in [-0.2, 0) is 9.53 Å². The third-order valence-corrected chi connectivity index (χ3v) is 4.57. The van der Waals surface area contributed by atoms with E-state index in [9.17, 15) is 14.7 Å². The maximum absolute atomic E-state index is 12.3. The predicted octanol–water partition coefficient (Wildman–Crippen LogP) is 2.03. The molecule has 0 spiro atoms. The summed E-state index contributed by atoms with van der Waals surface area (Å²) in [6, 6.07) is -0.396. The number of hydrogen-bond donors (Lipinski definition) is 3. The molecule has 120 valence electrons. The number of carboxylic acids is 1. The normalized spacial score (nSPS) is 29.2. The monoisotopic (exact) mass is 298 g/mol. The lowest BCUT2D eigenvalue weighted by atomic mass is 9.90. The molecule has 0 aromatic carbocycles. The van der Waals surface area contributed by atoms with Gasteiger partial charge in [-0.05, 0) is 32.6 Å². The number of rotatable bonds is 3. The van der Waals surface area contributed by atoms with Gasteiger partial charge in [0.05, 0.1) is 12.1 Å². The Hall–Kier alpha value is -1.30. The number of carboxylic acid groups (broad SMARTS) is 1. The molecule has 2 fully saturated rings. The SMILES string of the molecule is CC1(NC(=O)NC2(C(=O)O)CCCCCC2)CCCOC1. The number of urea groups is 1. The minimum absolute atomic E-state index is 0.396. The van der Waals surface area contributed by atoms with Crippen LogP contribution in [0.2, 0.25) is 0 Å². The first-order valence-electron chi connectivity index (χ1n) is 7.87. The van der Waals surface area contributed by atoms with Crippen LogP contribution in [0, 0.1) is 0 Å². The highest BCUT2D eigenvalue weighted by molar-refractivity contribution is 5.86. The van der Waals surface area contributed by atoms with Gasteiger partial charge in [-0.2, -0.15) is 0 Å². The first kappa shape index (κ1) is 16.1. The zero-order valence-corrected chi connectivity index (χ0v) is 12.7. The van der Waals surface area contributed by atoms with Crippen LogP contribution in [0.3, 0.4) is 0 Å². The summed E-state index contributed by atoms with van der Waals surface area (Å²) < 4.78 is 5.41. The van der Waals surface area contributed by atoms with Crippen molar-refractivity contribution >= 4 is 12.0 Å². The van der Waals surface area contributed by atoms with Crippen LogP contribution in [0.25, 0.3) is 0 Å². The van der Waals surface area contributed by atoms with Crippen molar-refractivity contribution in [2.75, 3.05) is 13.2 Å². The second-order valence-electron chi connectivity index (χ2n) is 6.60. The summed E-state index contributed by atoms with van der Waals surface area (Å²) in [5, 5.41) is 15.2. The summed E-state index contributed by atoms with van der Waals surface area (Å²) in [6.45, 7) is 3.13. The topological polar surface area (TPSA) is 87.7 Å². The molecule has 0 aromatic rings. The standard InChI is InChI=1S/C15H26N2O4/c1-14(7-6-10-21-11-14)16-13(20)17-15(12(18)19)8-4-2-3-5-9-15/h2-11H2,1H3,(H,18,19)(H2,16,17,20). The Balaban J connectivity index is 1.99. The molecule has 21 heavy (non-hydrogen) atoms. The molecule has 6 nitrogen and oxygen atoms in total. The van der Waals surface area contributed by atoms with Crippen molar-refractivity contribution in [3.05, 3.63) is 0 Å². The van der Waals surface area contributed by atoms with E-state index in [2.05, 4.69) is 10.6 Å². The number of carbonyl (C=O) groups is 2. The van der Waals surface area contributed by atoms with Gasteiger partial charge in [-0.15, -0.1) is 0 Å². The van der Waals surface area contributed by atoms with E-state index in [1.165, 1.54) is 0 Å². The zero-order chi connectivity index (χ0) is 15.3. The summed E-state index contributed by atoms with van der Waals surface area (Å²) in [4.78, 5) is 23.9. The number of nitrogens with one attached hydrogen (secondary N) is 2. The van der Waals surface area contributed by atoms with E-state index in [1.54, 1.807) is 0 Å². The number of aliphatic carboxylic acids is 1. The van der Waals surface area contributed by atoms with Gasteiger partial charge >= 0.3 is 12.0 Å². The van der Waals surface area contributed by atoms with Crippen molar-refractivity contribution < 1.29 is 19.4 Å². The number of ether oxygens (including phenoxy) is 1. The maximum Gasteiger partial charge on any atom is 0.329 e. The summed E-state index contributed by atoms with van der Waals surface area (Å²) in [7, 11) is 0. The molecule has 1 unspecified atom stereocenters. The van der Waals surface area contributed by atoms with E-state index in [-0.39, 0.29) is 0 Å². The molecule has 6 heteroatoms. The molecule has 1 aliphatic heterocycles. The highest BCUT2D eigenvalue weighted by atomic mass is 16.5. The molecule has 1 heterocycles. The minimum atomic E-state index is -1.12. The minimum Gasteiger partial charge on any atom is -0.480 e. The van der Waals surface area contributed by atoms with E-state index in [1.807, 2.05) is 6.92 Å². The van der Waals surface area contributed by atoms with Crippen LogP contribution in [-0.4, -0.2) is 41.4 Å². The Kier molecular flexibility index (Phi) is 5.08. The Morgan fingerprint density at radius 2 is 1.67 bits per heavy atom. The van der Waals surface area contributed by atoms with Gasteiger partial charge in [0.25, 0.3) is 0 Å². The molecule has 0 aromatic heterocycles. The largest absolute Gasteiger partial charge is 0.480 e. The highest BCUT2D eigenvalue weighted by Gasteiger charge is 2.41. The molecule has 2 rings (SSSR count). The maximum atomic E-state index is 12.3. The number of amides is 2. The molecule has 1 saturated carbocycles. The third kappa shape index (κ3) is 4.09. The van der Waals surface area contributed by atoms with Crippen LogP contribution >= 0.6 is 0 Å². The quantitative estimate of drug-likeness (QED) is 0.696. The lowest BCUT2D eigenvalue weighted by Gasteiger charge is -2.36. The van der Waals surface area contributed by atoms with Crippen molar-refractivity contribution in [2.45, 2.75) is 69.4 Å². The van der Waals surface area contributed by atoms with Crippen LogP contribution < -0.4 is 10.6 Å². The van der Waals surface area contributed by atoms with E-state index < -0.39 is 23.1 Å². The lowest BCUT2D eigenvalue weighted by Crippen LogP contribution is -2.61. The van der Waals surface area contributed by atoms with Gasteiger partial charge in [-0.25, -0.2) is 9.59 Å². The van der Waals surface area contributed by atoms with Crippen molar-refractivity contribution in [2.24, 2.45) is 0 Å². The lowest BCUT2D eigenvalue weighted by molar-refractivity contribution is -0.145. The number of carbonyl (C=O) groups excluding carboxylic acids is 1. The van der Waals surface area contributed by atoms with Gasteiger partial charge in [0.1, 0.15) is 5.54 Å². The van der Waals surface area contributed by atoms with Gasteiger partial charge in [0, 0.05) is 6.61 Å². The van der Waals surface area contributed by atoms with Crippen LogP contribution in [0.4, 0.5) is 4.79 Å². The van der Waals surface area contributed by atoms with Crippen molar-refractivity contribution in [1.82, 2.24) is 10.6 Å². The molecule has 0 bridgehead atoms. The van der Waals surface area contributed by atoms with E-state index >= 15 is 0 Å². The fraction of sp³-hybridized carbons (Fsp3) is 0.867. The molecule has 1 saturated heterocycles. The second kappa shape index (κ2) is 6.64. The Morgan fingerprint density at radius 3 is 2.19 bits per heavy atom. The zero-order valence-electron chi connectivity index (χ0n) is 12.7. The Labute approximate surface area is 125 Å². The fourth-order valence-corrected chi connectivity index (χ4v) is 3.28. The summed E-state index contributed by atoms with van der Waals surface area (Å²) in [6.07, 6.45) is 6.50. The highest BCUT2D eigenvalue weighted by Crippen LogP contribution is 2.28. The average Bonchev–Trinajstić information content (AvgIpc) is 2.65. The first-order valence-corrected chi connectivity index (χ1v) is 7.87. The van der Waals surface area contributed by atoms with Gasteiger partial charge in [0.15, 0.2) is 0 Å². The Bertz CT molecular complexity index is 383. The molecule has 1 atom stereocenters. The smallest absolute Gasteiger partial charge is 0.329 e. The van der Waals surface area contributed by atoms with Crippen molar-refractivity contribution in [3.63, 3.8) is 0 Å². The van der Waals surface area contributed by atoms with Gasteiger partial charge < -0.3 is 20.5 Å². The molecule has 2 aliphatic rings. The van der Waals surface area contributed by atoms with Crippen LogP contribution in [0.1, 0.15) is 58.3 Å². The van der Waals surface area contributed by atoms with Crippen molar-refractivity contribution in [1.29, 1.82) is 0 Å². The number of hydrogen-bond acceptors (Lipinski definition) is 3. The van der Waals surface area contributed by atoms with E-state index in [4.69, 9.17) is 4.74 Å². The molecule has 1 aliphatic carbocycles. The van der Waals surface area contributed by atoms with E-state index in [0.717, 1.165) is 45.1 Å².